The molecule has 1 saturated heterocycles. The third kappa shape index (κ3) is 4.44. The smallest absolute Gasteiger partial charge is 0.260 e. The number of fused-ring (bicyclic) bond motifs is 1. The van der Waals surface area contributed by atoms with Crippen LogP contribution in [0.2, 0.25) is 0 Å². The molecule has 1 aliphatic rings. The zero-order chi connectivity index (χ0) is 23.0. The van der Waals surface area contributed by atoms with Crippen molar-refractivity contribution >= 4 is 42.4 Å². The second-order valence-corrected chi connectivity index (χ2v) is 12.1. The van der Waals surface area contributed by atoms with E-state index in [1.807, 2.05) is 13.0 Å². The fourth-order valence-corrected chi connectivity index (χ4v) is 6.02. The van der Waals surface area contributed by atoms with Crippen LogP contribution in [0.4, 0.5) is 5.13 Å². The van der Waals surface area contributed by atoms with Gasteiger partial charge in [-0.2, -0.15) is 0 Å². The Labute approximate surface area is 193 Å². The van der Waals surface area contributed by atoms with Gasteiger partial charge in [-0.3, -0.25) is 9.69 Å². The number of carbonyl (C=O) groups excluding carboxylic acids is 1. The van der Waals surface area contributed by atoms with E-state index in [0.717, 1.165) is 34.2 Å². The van der Waals surface area contributed by atoms with Crippen molar-refractivity contribution in [2.24, 2.45) is 0 Å². The molecule has 1 aliphatic heterocycles. The normalized spacial score (nSPS) is 16.7. The molecule has 32 heavy (non-hydrogen) atoms. The fourth-order valence-electron chi connectivity index (χ4n) is 3.94. The van der Waals surface area contributed by atoms with Crippen molar-refractivity contribution in [3.8, 4) is 0 Å². The Morgan fingerprint density at radius 3 is 2.56 bits per heavy atom. The Morgan fingerprint density at radius 1 is 1.22 bits per heavy atom. The number of aromatic nitrogens is 1. The molecule has 8 heteroatoms. The van der Waals surface area contributed by atoms with Gasteiger partial charge in [0.25, 0.3) is 5.91 Å². The number of thiazole rings is 1. The van der Waals surface area contributed by atoms with E-state index < -0.39 is 15.1 Å². The molecule has 1 atom stereocenters. The Morgan fingerprint density at radius 2 is 1.94 bits per heavy atom. The minimum Gasteiger partial charge on any atom is -0.376 e. The molecule has 1 fully saturated rings. The van der Waals surface area contributed by atoms with Gasteiger partial charge in [-0.15, -0.1) is 0 Å². The van der Waals surface area contributed by atoms with Crippen LogP contribution < -0.4 is 4.90 Å². The molecule has 2 heterocycles. The number of aryl methyl sites for hydroxylation is 2. The first-order valence-electron chi connectivity index (χ1n) is 10.8. The third-order valence-electron chi connectivity index (χ3n) is 5.75. The number of rotatable bonds is 6. The molecular weight excluding hydrogens is 444 g/mol. The standard InChI is InChI=1S/C24H28N2O4S2/c1-15(2)32(28,29)20-9-7-18(8-10-20)23(27)26(14-19-6-5-11-30-19)24-25-21-13-16(3)12-17(4)22(21)31-24/h7-10,12-13,15,19H,5-6,11,14H2,1-4H3/t19-/m0/s1. The van der Waals surface area contributed by atoms with Crippen LogP contribution >= 0.6 is 11.3 Å². The van der Waals surface area contributed by atoms with Crippen LogP contribution in [0.15, 0.2) is 41.3 Å². The van der Waals surface area contributed by atoms with E-state index in [1.165, 1.54) is 23.5 Å². The van der Waals surface area contributed by atoms with Gasteiger partial charge in [0.1, 0.15) is 0 Å². The largest absolute Gasteiger partial charge is 0.376 e. The van der Waals surface area contributed by atoms with E-state index in [9.17, 15) is 13.2 Å². The number of ether oxygens (including phenoxy) is 1. The molecule has 3 aromatic rings. The van der Waals surface area contributed by atoms with E-state index >= 15 is 0 Å². The van der Waals surface area contributed by atoms with Crippen LogP contribution in [0.25, 0.3) is 10.2 Å². The van der Waals surface area contributed by atoms with Crippen LogP contribution in [0.1, 0.15) is 48.2 Å². The topological polar surface area (TPSA) is 76.6 Å². The lowest BCUT2D eigenvalue weighted by molar-refractivity contribution is 0.0917. The number of benzene rings is 2. The van der Waals surface area contributed by atoms with Crippen molar-refractivity contribution in [2.45, 2.75) is 56.8 Å². The summed E-state index contributed by atoms with van der Waals surface area (Å²) in [5.74, 6) is -0.206. The molecule has 0 radical (unpaired) electrons. The predicted molar refractivity (Wildman–Crippen MR) is 129 cm³/mol. The van der Waals surface area contributed by atoms with Crippen molar-refractivity contribution in [1.29, 1.82) is 0 Å². The second kappa shape index (κ2) is 8.92. The summed E-state index contributed by atoms with van der Waals surface area (Å²) in [6.45, 7) is 8.50. The van der Waals surface area contributed by atoms with E-state index in [1.54, 1.807) is 30.9 Å². The molecule has 170 valence electrons. The highest BCUT2D eigenvalue weighted by molar-refractivity contribution is 7.92. The first-order valence-corrected chi connectivity index (χ1v) is 13.2. The number of hydrogen-bond acceptors (Lipinski definition) is 6. The van der Waals surface area contributed by atoms with Crippen LogP contribution in [-0.2, 0) is 14.6 Å². The molecule has 1 amide bonds. The molecule has 0 N–H and O–H groups in total. The van der Waals surface area contributed by atoms with Crippen LogP contribution in [-0.4, -0.2) is 43.8 Å². The molecule has 6 nitrogen and oxygen atoms in total. The lowest BCUT2D eigenvalue weighted by Gasteiger charge is -2.23. The zero-order valence-corrected chi connectivity index (χ0v) is 20.4. The van der Waals surface area contributed by atoms with Crippen LogP contribution in [0.3, 0.4) is 0 Å². The summed E-state index contributed by atoms with van der Waals surface area (Å²) in [5.41, 5.74) is 3.58. The minimum atomic E-state index is -3.39. The van der Waals surface area contributed by atoms with Crippen molar-refractivity contribution in [3.63, 3.8) is 0 Å². The van der Waals surface area contributed by atoms with E-state index in [0.29, 0.717) is 23.8 Å². The summed E-state index contributed by atoms with van der Waals surface area (Å²) in [6, 6.07) is 10.3. The number of anilines is 1. The molecule has 2 aromatic carbocycles. The minimum absolute atomic E-state index is 0.0330. The maximum Gasteiger partial charge on any atom is 0.260 e. The molecule has 1 aromatic heterocycles. The summed E-state index contributed by atoms with van der Waals surface area (Å²) in [5, 5.41) is 0.114. The van der Waals surface area contributed by atoms with Crippen molar-refractivity contribution in [2.75, 3.05) is 18.1 Å². The molecule has 0 aliphatic carbocycles. The molecule has 4 rings (SSSR count). The van der Waals surface area contributed by atoms with Gasteiger partial charge in [0, 0.05) is 12.2 Å². The van der Waals surface area contributed by atoms with E-state index in [2.05, 4.69) is 13.0 Å². The Kier molecular flexibility index (Phi) is 6.38. The van der Waals surface area contributed by atoms with Crippen molar-refractivity contribution in [3.05, 3.63) is 53.1 Å². The van der Waals surface area contributed by atoms with Gasteiger partial charge in [-0.05, 0) is 82.0 Å². The highest BCUT2D eigenvalue weighted by atomic mass is 32.2. The quantitative estimate of drug-likeness (QED) is 0.509. The van der Waals surface area contributed by atoms with Crippen molar-refractivity contribution < 1.29 is 17.9 Å². The van der Waals surface area contributed by atoms with Crippen molar-refractivity contribution in [1.82, 2.24) is 4.98 Å². The Hall–Kier alpha value is -2.29. The highest BCUT2D eigenvalue weighted by Crippen LogP contribution is 2.33. The number of sulfone groups is 1. The van der Waals surface area contributed by atoms with Gasteiger partial charge >= 0.3 is 0 Å². The molecule has 0 bridgehead atoms. The number of hydrogen-bond donors (Lipinski definition) is 0. The lowest BCUT2D eigenvalue weighted by atomic mass is 10.1. The van der Waals surface area contributed by atoms with Gasteiger partial charge in [-0.1, -0.05) is 17.4 Å². The summed E-state index contributed by atoms with van der Waals surface area (Å²) in [6.07, 6.45) is 1.85. The van der Waals surface area contributed by atoms with Gasteiger partial charge < -0.3 is 4.74 Å². The van der Waals surface area contributed by atoms with Gasteiger partial charge in [0.2, 0.25) is 0 Å². The molecule has 0 unspecified atom stereocenters. The third-order valence-corrected chi connectivity index (χ3v) is 9.15. The maximum absolute atomic E-state index is 13.5. The second-order valence-electron chi connectivity index (χ2n) is 8.60. The Balaban J connectivity index is 1.70. The summed E-state index contributed by atoms with van der Waals surface area (Å²) >= 11 is 1.50. The Bertz CT molecular complexity index is 1240. The first-order chi connectivity index (χ1) is 15.2. The van der Waals surface area contributed by atoms with Gasteiger partial charge in [0.05, 0.1) is 33.0 Å². The average Bonchev–Trinajstić information content (AvgIpc) is 3.41. The summed E-state index contributed by atoms with van der Waals surface area (Å²) < 4.78 is 31.7. The summed E-state index contributed by atoms with van der Waals surface area (Å²) in [7, 11) is -3.39. The monoisotopic (exact) mass is 472 g/mol. The SMILES string of the molecule is Cc1cc(C)c2sc(N(C[C@@H]3CCCO3)C(=O)c3ccc(S(=O)(=O)C(C)C)cc3)nc2c1. The van der Waals surface area contributed by atoms with E-state index in [4.69, 9.17) is 9.72 Å². The van der Waals surface area contributed by atoms with Crippen LogP contribution in [0.5, 0.6) is 0 Å². The zero-order valence-electron chi connectivity index (χ0n) is 18.8. The molecule has 0 spiro atoms. The van der Waals surface area contributed by atoms with Gasteiger partial charge in [0.15, 0.2) is 15.0 Å². The van der Waals surface area contributed by atoms with Gasteiger partial charge in [-0.25, -0.2) is 13.4 Å². The van der Waals surface area contributed by atoms with E-state index in [-0.39, 0.29) is 16.9 Å². The molecule has 0 saturated carbocycles. The first kappa shape index (κ1) is 22.9. The maximum atomic E-state index is 13.5. The number of nitrogens with zero attached hydrogens (tertiary/aromatic N) is 2. The summed E-state index contributed by atoms with van der Waals surface area (Å²) in [4.78, 5) is 20.2. The lowest BCUT2D eigenvalue weighted by Crippen LogP contribution is -2.37. The van der Waals surface area contributed by atoms with Crippen LogP contribution in [0, 0.1) is 13.8 Å². The number of carbonyl (C=O) groups is 1. The molecular formula is C24H28N2O4S2. The predicted octanol–water partition coefficient (Wildman–Crippen LogP) is 4.92. The number of amides is 1. The highest BCUT2D eigenvalue weighted by Gasteiger charge is 2.28. The fraction of sp³-hybridized carbons (Fsp3) is 0.417. The average molecular weight is 473 g/mol.